The quantitative estimate of drug-likeness (QED) is 0.787. The Morgan fingerprint density at radius 2 is 1.71 bits per heavy atom. The standard InChI is InChI=1S/C12H15F4N/c1-7(2)8(3)17-11-5-4-9(6-10(11)13)12(14,15)16/h4-8,17H,1-3H3. The van der Waals surface area contributed by atoms with Crippen molar-refractivity contribution < 1.29 is 17.6 Å². The number of halogens is 4. The Kier molecular flexibility index (Phi) is 4.01. The largest absolute Gasteiger partial charge is 0.416 e. The Morgan fingerprint density at radius 3 is 2.12 bits per heavy atom. The van der Waals surface area contributed by atoms with Crippen molar-refractivity contribution in [2.45, 2.75) is 33.0 Å². The molecule has 0 aliphatic rings. The summed E-state index contributed by atoms with van der Waals surface area (Å²) in [7, 11) is 0. The first-order valence-electron chi connectivity index (χ1n) is 5.35. The Bertz CT molecular complexity index is 385. The zero-order chi connectivity index (χ0) is 13.2. The van der Waals surface area contributed by atoms with Crippen molar-refractivity contribution in [1.29, 1.82) is 0 Å². The van der Waals surface area contributed by atoms with Gasteiger partial charge in [-0.15, -0.1) is 0 Å². The van der Waals surface area contributed by atoms with Gasteiger partial charge in [0.15, 0.2) is 0 Å². The summed E-state index contributed by atoms with van der Waals surface area (Å²) in [6.45, 7) is 5.74. The van der Waals surface area contributed by atoms with Crippen molar-refractivity contribution >= 4 is 5.69 Å². The van der Waals surface area contributed by atoms with Crippen molar-refractivity contribution in [2.75, 3.05) is 5.32 Å². The van der Waals surface area contributed by atoms with E-state index < -0.39 is 17.6 Å². The highest BCUT2D eigenvalue weighted by Gasteiger charge is 2.31. The molecule has 0 heterocycles. The van der Waals surface area contributed by atoms with Crippen LogP contribution in [0.4, 0.5) is 23.2 Å². The van der Waals surface area contributed by atoms with Crippen LogP contribution in [0.3, 0.4) is 0 Å². The summed E-state index contributed by atoms with van der Waals surface area (Å²) in [6, 6.07) is 2.49. The maximum Gasteiger partial charge on any atom is 0.416 e. The van der Waals surface area contributed by atoms with Crippen LogP contribution in [0.15, 0.2) is 18.2 Å². The Labute approximate surface area is 97.8 Å². The van der Waals surface area contributed by atoms with Gasteiger partial charge in [-0.25, -0.2) is 4.39 Å². The molecule has 1 atom stereocenters. The Morgan fingerprint density at radius 1 is 1.12 bits per heavy atom. The molecule has 1 unspecified atom stereocenters. The summed E-state index contributed by atoms with van der Waals surface area (Å²) in [4.78, 5) is 0. The van der Waals surface area contributed by atoms with Crippen molar-refractivity contribution in [3.63, 3.8) is 0 Å². The molecule has 0 aliphatic carbocycles. The van der Waals surface area contributed by atoms with Gasteiger partial charge in [0.1, 0.15) is 5.82 Å². The normalized spacial score (nSPS) is 13.9. The second-order valence-corrected chi connectivity index (χ2v) is 4.37. The molecule has 0 aliphatic heterocycles. The molecule has 0 radical (unpaired) electrons. The van der Waals surface area contributed by atoms with Crippen LogP contribution in [0, 0.1) is 11.7 Å². The molecule has 1 N–H and O–H groups in total. The van der Waals surface area contributed by atoms with Gasteiger partial charge in [0.2, 0.25) is 0 Å². The highest BCUT2D eigenvalue weighted by atomic mass is 19.4. The van der Waals surface area contributed by atoms with Gasteiger partial charge in [-0.2, -0.15) is 13.2 Å². The first-order chi connectivity index (χ1) is 7.71. The van der Waals surface area contributed by atoms with Crippen LogP contribution in [0.25, 0.3) is 0 Å². The smallest absolute Gasteiger partial charge is 0.380 e. The molecule has 0 spiro atoms. The maximum absolute atomic E-state index is 13.4. The van der Waals surface area contributed by atoms with E-state index in [1.165, 1.54) is 0 Å². The molecule has 0 bridgehead atoms. The van der Waals surface area contributed by atoms with Crippen molar-refractivity contribution in [1.82, 2.24) is 0 Å². The van der Waals surface area contributed by atoms with Gasteiger partial charge < -0.3 is 5.32 Å². The van der Waals surface area contributed by atoms with E-state index >= 15 is 0 Å². The van der Waals surface area contributed by atoms with Crippen LogP contribution in [0.1, 0.15) is 26.3 Å². The minimum Gasteiger partial charge on any atom is -0.380 e. The molecular formula is C12H15F4N. The monoisotopic (exact) mass is 249 g/mol. The molecule has 0 saturated heterocycles. The van der Waals surface area contributed by atoms with Crippen molar-refractivity contribution in [3.8, 4) is 0 Å². The second-order valence-electron chi connectivity index (χ2n) is 4.37. The van der Waals surface area contributed by atoms with Gasteiger partial charge in [0.05, 0.1) is 11.3 Å². The van der Waals surface area contributed by atoms with Crippen LogP contribution < -0.4 is 5.32 Å². The molecule has 5 heteroatoms. The lowest BCUT2D eigenvalue weighted by atomic mass is 10.1. The molecule has 1 aromatic carbocycles. The molecule has 0 amide bonds. The van der Waals surface area contributed by atoms with E-state index in [0.29, 0.717) is 6.07 Å². The fourth-order valence-corrected chi connectivity index (χ4v) is 1.22. The summed E-state index contributed by atoms with van der Waals surface area (Å²) in [5, 5.41) is 2.85. The number of benzene rings is 1. The van der Waals surface area contributed by atoms with Crippen molar-refractivity contribution in [3.05, 3.63) is 29.6 Å². The summed E-state index contributed by atoms with van der Waals surface area (Å²) >= 11 is 0. The lowest BCUT2D eigenvalue weighted by Gasteiger charge is -2.19. The molecular weight excluding hydrogens is 234 g/mol. The summed E-state index contributed by atoms with van der Waals surface area (Å²) < 4.78 is 50.4. The molecule has 0 fully saturated rings. The van der Waals surface area contributed by atoms with Gasteiger partial charge in [-0.3, -0.25) is 0 Å². The van der Waals surface area contributed by atoms with Gasteiger partial charge in [-0.1, -0.05) is 13.8 Å². The number of rotatable bonds is 3. The van der Waals surface area contributed by atoms with Crippen LogP contribution in [0.5, 0.6) is 0 Å². The molecule has 0 aromatic heterocycles. The number of alkyl halides is 3. The topological polar surface area (TPSA) is 12.0 Å². The predicted molar refractivity (Wildman–Crippen MR) is 59.3 cm³/mol. The lowest BCUT2D eigenvalue weighted by molar-refractivity contribution is -0.137. The van der Waals surface area contributed by atoms with Gasteiger partial charge in [-0.05, 0) is 31.0 Å². The highest BCUT2D eigenvalue weighted by Crippen LogP contribution is 2.31. The van der Waals surface area contributed by atoms with E-state index in [4.69, 9.17) is 0 Å². The number of nitrogens with one attached hydrogen (secondary N) is 1. The molecule has 17 heavy (non-hydrogen) atoms. The summed E-state index contributed by atoms with van der Waals surface area (Å²) in [5.41, 5.74) is -0.878. The van der Waals surface area contributed by atoms with E-state index in [1.807, 2.05) is 20.8 Å². The minimum absolute atomic E-state index is 0.0127. The summed E-state index contributed by atoms with van der Waals surface area (Å²) in [6.07, 6.45) is -4.51. The fourth-order valence-electron chi connectivity index (χ4n) is 1.22. The zero-order valence-electron chi connectivity index (χ0n) is 9.90. The first-order valence-corrected chi connectivity index (χ1v) is 5.35. The van der Waals surface area contributed by atoms with Gasteiger partial charge in [0, 0.05) is 6.04 Å². The number of hydrogen-bond donors (Lipinski definition) is 1. The van der Waals surface area contributed by atoms with Gasteiger partial charge >= 0.3 is 6.18 Å². The number of hydrogen-bond acceptors (Lipinski definition) is 1. The SMILES string of the molecule is CC(C)C(C)Nc1ccc(C(F)(F)F)cc1F. The second kappa shape index (κ2) is 4.94. The average Bonchev–Trinajstić information content (AvgIpc) is 2.19. The van der Waals surface area contributed by atoms with E-state index in [0.717, 1.165) is 12.1 Å². The van der Waals surface area contributed by atoms with Crippen LogP contribution in [0.2, 0.25) is 0 Å². The maximum atomic E-state index is 13.4. The van der Waals surface area contributed by atoms with Crippen LogP contribution >= 0.6 is 0 Å². The third-order valence-corrected chi connectivity index (χ3v) is 2.68. The van der Waals surface area contributed by atoms with Crippen molar-refractivity contribution in [2.24, 2.45) is 5.92 Å². The molecule has 1 rings (SSSR count). The molecule has 1 nitrogen and oxygen atoms in total. The zero-order valence-corrected chi connectivity index (χ0v) is 9.90. The highest BCUT2D eigenvalue weighted by molar-refractivity contribution is 5.47. The Hall–Kier alpha value is -1.26. The minimum atomic E-state index is -4.51. The van der Waals surface area contributed by atoms with E-state index in [-0.39, 0.29) is 17.6 Å². The molecule has 96 valence electrons. The first kappa shape index (κ1) is 13.8. The van der Waals surface area contributed by atoms with Crippen LogP contribution in [-0.4, -0.2) is 6.04 Å². The molecule has 1 aromatic rings. The molecule has 0 saturated carbocycles. The lowest BCUT2D eigenvalue weighted by Crippen LogP contribution is -2.22. The third kappa shape index (κ3) is 3.61. The van der Waals surface area contributed by atoms with E-state index in [1.54, 1.807) is 0 Å². The fraction of sp³-hybridized carbons (Fsp3) is 0.500. The van der Waals surface area contributed by atoms with Crippen LogP contribution in [-0.2, 0) is 6.18 Å². The summed E-state index contributed by atoms with van der Waals surface area (Å²) in [5.74, 6) is -0.621. The predicted octanol–water partition coefficient (Wildman–Crippen LogP) is 4.30. The number of anilines is 1. The van der Waals surface area contributed by atoms with Gasteiger partial charge in [0.25, 0.3) is 0 Å². The Balaban J connectivity index is 2.91. The van der Waals surface area contributed by atoms with E-state index in [9.17, 15) is 17.6 Å². The third-order valence-electron chi connectivity index (χ3n) is 2.68. The van der Waals surface area contributed by atoms with E-state index in [2.05, 4.69) is 5.32 Å². The average molecular weight is 249 g/mol.